The Balaban J connectivity index is 1.33. The van der Waals surface area contributed by atoms with Crippen molar-refractivity contribution in [2.75, 3.05) is 37.6 Å². The Morgan fingerprint density at radius 1 is 1.06 bits per heavy atom. The summed E-state index contributed by atoms with van der Waals surface area (Å²) in [5.41, 5.74) is 1.48. The molecular formula is C24H36N4O3S. The van der Waals surface area contributed by atoms with Crippen LogP contribution in [0.2, 0.25) is 0 Å². The molecule has 0 saturated carbocycles. The predicted octanol–water partition coefficient (Wildman–Crippen LogP) is 3.48. The number of carbonyl (C=O) groups is 1. The Hall–Kier alpha value is -1.93. The van der Waals surface area contributed by atoms with Gasteiger partial charge in [0.1, 0.15) is 10.7 Å². The topological polar surface area (TPSA) is 82.6 Å². The zero-order valence-electron chi connectivity index (χ0n) is 19.0. The Morgan fingerprint density at radius 2 is 1.84 bits per heavy atom. The summed E-state index contributed by atoms with van der Waals surface area (Å²) >= 11 is 0. The van der Waals surface area contributed by atoms with Gasteiger partial charge in [0.2, 0.25) is 15.9 Å². The van der Waals surface area contributed by atoms with Crippen molar-refractivity contribution in [2.24, 2.45) is 5.92 Å². The second kappa shape index (κ2) is 10.8. The van der Waals surface area contributed by atoms with Gasteiger partial charge in [0, 0.05) is 44.8 Å². The molecule has 3 heterocycles. The number of piperidine rings is 2. The van der Waals surface area contributed by atoms with Crippen LogP contribution < -0.4 is 10.2 Å². The number of nitrogens with one attached hydrogen (secondary N) is 1. The Labute approximate surface area is 192 Å². The number of aromatic nitrogens is 1. The number of sulfonamides is 1. The fourth-order valence-corrected chi connectivity index (χ4v) is 6.72. The van der Waals surface area contributed by atoms with Crippen LogP contribution in [-0.4, -0.2) is 56.3 Å². The van der Waals surface area contributed by atoms with Gasteiger partial charge in [-0.1, -0.05) is 18.1 Å². The van der Waals surface area contributed by atoms with Crippen molar-refractivity contribution >= 4 is 21.7 Å². The fraction of sp³-hybridized carbons (Fsp3) is 0.667. The first kappa shape index (κ1) is 23.2. The van der Waals surface area contributed by atoms with E-state index in [2.05, 4.69) is 16.4 Å². The summed E-state index contributed by atoms with van der Waals surface area (Å²) in [6, 6.07) is 3.37. The molecule has 3 aliphatic rings. The van der Waals surface area contributed by atoms with Crippen LogP contribution >= 0.6 is 0 Å². The quantitative estimate of drug-likeness (QED) is 0.630. The van der Waals surface area contributed by atoms with E-state index in [-0.39, 0.29) is 11.8 Å². The molecule has 0 radical (unpaired) electrons. The van der Waals surface area contributed by atoms with Gasteiger partial charge >= 0.3 is 0 Å². The Bertz CT molecular complexity index is 917. The number of hydrogen-bond acceptors (Lipinski definition) is 5. The lowest BCUT2D eigenvalue weighted by Crippen LogP contribution is -2.42. The molecule has 1 amide bonds. The minimum Gasteiger partial charge on any atom is -0.356 e. The molecule has 0 atom stereocenters. The number of allylic oxidation sites excluding steroid dienone is 1. The standard InChI is InChI=1S/C24H36N4O3S/c29-24(26-15-11-20-8-3-1-4-9-20)21-12-18-27(19-13-21)23-22(10-7-14-25-23)32(30,31)28-16-5-2-6-17-28/h7-8,10,14,21H,1-6,9,11-13,15-19H2,(H,26,29). The number of amides is 1. The highest BCUT2D eigenvalue weighted by atomic mass is 32.2. The van der Waals surface area contributed by atoms with Crippen LogP contribution in [0.1, 0.15) is 64.2 Å². The van der Waals surface area contributed by atoms with E-state index in [9.17, 15) is 13.2 Å². The van der Waals surface area contributed by atoms with Crippen molar-refractivity contribution < 1.29 is 13.2 Å². The highest BCUT2D eigenvalue weighted by molar-refractivity contribution is 7.89. The summed E-state index contributed by atoms with van der Waals surface area (Å²) in [7, 11) is -3.55. The maximum atomic E-state index is 13.3. The molecule has 32 heavy (non-hydrogen) atoms. The zero-order valence-corrected chi connectivity index (χ0v) is 19.8. The van der Waals surface area contributed by atoms with Gasteiger partial charge in [-0.25, -0.2) is 13.4 Å². The first-order valence-electron chi connectivity index (χ1n) is 12.2. The largest absolute Gasteiger partial charge is 0.356 e. The lowest BCUT2D eigenvalue weighted by molar-refractivity contribution is -0.125. The minimum atomic E-state index is -3.55. The van der Waals surface area contributed by atoms with Gasteiger partial charge in [0.05, 0.1) is 0 Å². The second-order valence-electron chi connectivity index (χ2n) is 9.20. The fourth-order valence-electron chi connectivity index (χ4n) is 5.04. The molecule has 2 saturated heterocycles. The van der Waals surface area contributed by atoms with Crippen molar-refractivity contribution in [2.45, 2.75) is 69.1 Å². The van der Waals surface area contributed by atoms with Crippen LogP contribution in [-0.2, 0) is 14.8 Å². The van der Waals surface area contributed by atoms with E-state index in [0.717, 1.165) is 25.7 Å². The summed E-state index contributed by atoms with van der Waals surface area (Å²) in [5, 5.41) is 3.12. The molecule has 2 fully saturated rings. The van der Waals surface area contributed by atoms with Gasteiger partial charge in [0.15, 0.2) is 0 Å². The number of rotatable bonds is 7. The molecular weight excluding hydrogens is 424 g/mol. The average Bonchev–Trinajstić information content (AvgIpc) is 2.85. The molecule has 7 nitrogen and oxygen atoms in total. The van der Waals surface area contributed by atoms with Crippen molar-refractivity contribution in [1.82, 2.24) is 14.6 Å². The van der Waals surface area contributed by atoms with E-state index >= 15 is 0 Å². The minimum absolute atomic E-state index is 0.0163. The van der Waals surface area contributed by atoms with Crippen LogP contribution in [0.4, 0.5) is 5.82 Å². The van der Waals surface area contributed by atoms with Gasteiger partial charge in [-0.05, 0) is 69.9 Å². The second-order valence-corrected chi connectivity index (χ2v) is 11.1. The third-order valence-electron chi connectivity index (χ3n) is 6.98. The first-order valence-corrected chi connectivity index (χ1v) is 13.7. The van der Waals surface area contributed by atoms with Crippen LogP contribution in [0.5, 0.6) is 0 Å². The van der Waals surface area contributed by atoms with E-state index in [1.54, 1.807) is 22.6 Å². The van der Waals surface area contributed by atoms with Crippen LogP contribution in [0, 0.1) is 5.92 Å². The van der Waals surface area contributed by atoms with E-state index in [1.165, 1.54) is 31.3 Å². The predicted molar refractivity (Wildman–Crippen MR) is 126 cm³/mol. The van der Waals surface area contributed by atoms with E-state index in [1.807, 2.05) is 4.90 Å². The summed E-state index contributed by atoms with van der Waals surface area (Å²) in [5.74, 6) is 0.641. The highest BCUT2D eigenvalue weighted by Crippen LogP contribution is 2.30. The van der Waals surface area contributed by atoms with Gasteiger partial charge in [-0.2, -0.15) is 4.31 Å². The number of hydrogen-bond donors (Lipinski definition) is 1. The van der Waals surface area contributed by atoms with Crippen LogP contribution in [0.3, 0.4) is 0 Å². The molecule has 4 rings (SSSR count). The van der Waals surface area contributed by atoms with E-state index in [0.29, 0.717) is 56.3 Å². The SMILES string of the molecule is O=C(NCCC1=CCCCC1)C1CCN(c2ncccc2S(=O)(=O)N2CCCCC2)CC1. The summed E-state index contributed by atoms with van der Waals surface area (Å²) < 4.78 is 28.1. The van der Waals surface area contributed by atoms with Gasteiger partial charge in [0.25, 0.3) is 0 Å². The molecule has 0 bridgehead atoms. The average molecular weight is 461 g/mol. The van der Waals surface area contributed by atoms with Crippen LogP contribution in [0.15, 0.2) is 34.9 Å². The van der Waals surface area contributed by atoms with Gasteiger partial charge in [-0.3, -0.25) is 4.79 Å². The normalized spacial score (nSPS) is 21.2. The molecule has 0 unspecified atom stereocenters. The number of pyridine rings is 1. The van der Waals surface area contributed by atoms with Crippen molar-refractivity contribution in [1.29, 1.82) is 0 Å². The highest BCUT2D eigenvalue weighted by Gasteiger charge is 2.32. The number of carbonyl (C=O) groups excluding carboxylic acids is 1. The molecule has 1 aliphatic carbocycles. The molecule has 1 aromatic rings. The lowest BCUT2D eigenvalue weighted by Gasteiger charge is -2.34. The Kier molecular flexibility index (Phi) is 7.84. The van der Waals surface area contributed by atoms with Gasteiger partial charge in [-0.15, -0.1) is 0 Å². The molecule has 0 aromatic carbocycles. The molecule has 8 heteroatoms. The molecule has 0 spiro atoms. The van der Waals surface area contributed by atoms with Gasteiger partial charge < -0.3 is 10.2 Å². The first-order chi connectivity index (χ1) is 15.6. The lowest BCUT2D eigenvalue weighted by atomic mass is 9.95. The molecule has 1 aromatic heterocycles. The third kappa shape index (κ3) is 5.52. The number of nitrogens with zero attached hydrogens (tertiary/aromatic N) is 3. The molecule has 2 aliphatic heterocycles. The molecule has 176 valence electrons. The summed E-state index contributed by atoms with van der Waals surface area (Å²) in [4.78, 5) is 19.4. The monoisotopic (exact) mass is 460 g/mol. The van der Waals surface area contributed by atoms with Crippen molar-refractivity contribution in [3.05, 3.63) is 30.0 Å². The van der Waals surface area contributed by atoms with E-state index < -0.39 is 10.0 Å². The zero-order chi connectivity index (χ0) is 22.4. The summed E-state index contributed by atoms with van der Waals surface area (Å²) in [6.45, 7) is 3.15. The third-order valence-corrected chi connectivity index (χ3v) is 8.90. The maximum Gasteiger partial charge on any atom is 0.246 e. The van der Waals surface area contributed by atoms with Crippen molar-refractivity contribution in [3.63, 3.8) is 0 Å². The van der Waals surface area contributed by atoms with Crippen LogP contribution in [0.25, 0.3) is 0 Å². The summed E-state index contributed by atoms with van der Waals surface area (Å²) in [6.07, 6.45) is 14.2. The Morgan fingerprint density at radius 3 is 2.56 bits per heavy atom. The van der Waals surface area contributed by atoms with Crippen molar-refractivity contribution in [3.8, 4) is 0 Å². The van der Waals surface area contributed by atoms with E-state index in [4.69, 9.17) is 0 Å². The maximum absolute atomic E-state index is 13.3. The smallest absolute Gasteiger partial charge is 0.246 e. The number of anilines is 1. The molecule has 1 N–H and O–H groups in total.